The van der Waals surface area contributed by atoms with Crippen molar-refractivity contribution in [3.8, 4) is 5.75 Å². The first-order valence-electron chi connectivity index (χ1n) is 9.76. The Hall–Kier alpha value is -1.60. The van der Waals surface area contributed by atoms with Crippen molar-refractivity contribution in [3.63, 3.8) is 0 Å². The summed E-state index contributed by atoms with van der Waals surface area (Å²) >= 11 is 0. The Morgan fingerprint density at radius 2 is 1.85 bits per heavy atom. The van der Waals surface area contributed by atoms with Crippen molar-refractivity contribution >= 4 is 15.9 Å². The molecule has 1 aromatic rings. The molecule has 0 bridgehead atoms. The molecule has 2 saturated heterocycles. The van der Waals surface area contributed by atoms with Gasteiger partial charge in [-0.1, -0.05) is 13.0 Å². The molecule has 2 aliphatic rings. The van der Waals surface area contributed by atoms with Gasteiger partial charge in [0, 0.05) is 26.2 Å². The number of hydrogen-bond acceptors (Lipinski definition) is 4. The van der Waals surface area contributed by atoms with Gasteiger partial charge >= 0.3 is 0 Å². The number of aryl methyl sites for hydroxylation is 1. The third-order valence-corrected chi connectivity index (χ3v) is 7.65. The molecular weight excluding hydrogens is 364 g/mol. The van der Waals surface area contributed by atoms with E-state index in [1.54, 1.807) is 12.1 Å². The van der Waals surface area contributed by atoms with E-state index < -0.39 is 10.0 Å². The fourth-order valence-electron chi connectivity index (χ4n) is 3.97. The molecule has 0 aliphatic carbocycles. The molecule has 0 saturated carbocycles. The zero-order chi connectivity index (χ0) is 19.6. The number of hydrogen-bond donors (Lipinski definition) is 0. The molecule has 2 aliphatic heterocycles. The lowest BCUT2D eigenvalue weighted by Gasteiger charge is -2.37. The van der Waals surface area contributed by atoms with Crippen molar-refractivity contribution in [1.29, 1.82) is 0 Å². The summed E-state index contributed by atoms with van der Waals surface area (Å²) in [6.45, 7) is 6.35. The van der Waals surface area contributed by atoms with Gasteiger partial charge in [0.2, 0.25) is 15.9 Å². The van der Waals surface area contributed by atoms with Crippen LogP contribution in [0, 0.1) is 18.8 Å². The number of carbonyl (C=O) groups excluding carboxylic acids is 1. The van der Waals surface area contributed by atoms with Gasteiger partial charge in [-0.2, -0.15) is 4.31 Å². The van der Waals surface area contributed by atoms with Crippen LogP contribution in [0.4, 0.5) is 0 Å². The van der Waals surface area contributed by atoms with Crippen LogP contribution in [-0.4, -0.2) is 56.8 Å². The predicted molar refractivity (Wildman–Crippen MR) is 104 cm³/mol. The van der Waals surface area contributed by atoms with E-state index in [1.165, 1.54) is 11.4 Å². The minimum absolute atomic E-state index is 0.109. The van der Waals surface area contributed by atoms with E-state index in [2.05, 4.69) is 6.92 Å². The Morgan fingerprint density at radius 1 is 1.15 bits per heavy atom. The predicted octanol–water partition coefficient (Wildman–Crippen LogP) is 2.66. The summed E-state index contributed by atoms with van der Waals surface area (Å²) in [5.41, 5.74) is 0.862. The van der Waals surface area contributed by atoms with Crippen molar-refractivity contribution in [3.05, 3.63) is 23.8 Å². The molecule has 1 aromatic carbocycles. The van der Waals surface area contributed by atoms with E-state index in [9.17, 15) is 13.2 Å². The van der Waals surface area contributed by atoms with Crippen LogP contribution in [0.3, 0.4) is 0 Å². The number of benzene rings is 1. The maximum Gasteiger partial charge on any atom is 0.246 e. The van der Waals surface area contributed by atoms with Crippen LogP contribution < -0.4 is 4.74 Å². The normalized spacial score (nSPS) is 22.6. The first-order chi connectivity index (χ1) is 12.8. The number of piperidine rings is 2. The average Bonchev–Trinajstić information content (AvgIpc) is 2.68. The molecule has 150 valence electrons. The van der Waals surface area contributed by atoms with Crippen LogP contribution in [0.2, 0.25) is 0 Å². The van der Waals surface area contributed by atoms with Crippen molar-refractivity contribution in [2.75, 3.05) is 33.3 Å². The Kier molecular flexibility index (Phi) is 6.11. The van der Waals surface area contributed by atoms with Crippen LogP contribution in [0.25, 0.3) is 0 Å². The first-order valence-corrected chi connectivity index (χ1v) is 11.2. The summed E-state index contributed by atoms with van der Waals surface area (Å²) in [6.07, 6.45) is 3.51. The molecule has 7 heteroatoms. The van der Waals surface area contributed by atoms with Gasteiger partial charge in [0.25, 0.3) is 0 Å². The Morgan fingerprint density at radius 3 is 2.52 bits per heavy atom. The fourth-order valence-corrected chi connectivity index (χ4v) is 5.74. The maximum absolute atomic E-state index is 13.2. The van der Waals surface area contributed by atoms with Gasteiger partial charge in [-0.05, 0) is 56.2 Å². The molecule has 1 amide bonds. The third kappa shape index (κ3) is 4.29. The molecule has 0 N–H and O–H groups in total. The van der Waals surface area contributed by atoms with Crippen molar-refractivity contribution in [1.82, 2.24) is 9.21 Å². The molecular formula is C20H30N2O4S. The maximum atomic E-state index is 13.2. The van der Waals surface area contributed by atoms with Gasteiger partial charge in [-0.25, -0.2) is 8.42 Å². The van der Waals surface area contributed by atoms with E-state index in [0.717, 1.165) is 37.9 Å². The van der Waals surface area contributed by atoms with Crippen LogP contribution in [0.15, 0.2) is 23.1 Å². The lowest BCUT2D eigenvalue weighted by molar-refractivity contribution is -0.138. The molecule has 0 spiro atoms. The quantitative estimate of drug-likeness (QED) is 0.787. The van der Waals surface area contributed by atoms with E-state index in [-0.39, 0.29) is 23.3 Å². The second-order valence-corrected chi connectivity index (χ2v) is 9.77. The number of methoxy groups -OCH3 is 1. The summed E-state index contributed by atoms with van der Waals surface area (Å²) in [7, 11) is -2.22. The number of nitrogens with zero attached hydrogens (tertiary/aromatic N) is 2. The fraction of sp³-hybridized carbons (Fsp3) is 0.650. The molecule has 3 rings (SSSR count). The molecule has 2 fully saturated rings. The highest BCUT2D eigenvalue weighted by molar-refractivity contribution is 7.89. The third-order valence-electron chi connectivity index (χ3n) is 5.77. The van der Waals surface area contributed by atoms with Gasteiger partial charge in [-0.15, -0.1) is 0 Å². The van der Waals surface area contributed by atoms with Gasteiger partial charge in [-0.3, -0.25) is 4.79 Å². The molecule has 0 aromatic heterocycles. The largest absolute Gasteiger partial charge is 0.495 e. The minimum atomic E-state index is -3.70. The molecule has 2 heterocycles. The first kappa shape index (κ1) is 20.1. The van der Waals surface area contributed by atoms with E-state index in [4.69, 9.17) is 4.74 Å². The number of carbonyl (C=O) groups is 1. The van der Waals surface area contributed by atoms with E-state index in [1.807, 2.05) is 17.9 Å². The van der Waals surface area contributed by atoms with Gasteiger partial charge in [0.1, 0.15) is 10.6 Å². The smallest absolute Gasteiger partial charge is 0.246 e. The van der Waals surface area contributed by atoms with Gasteiger partial charge < -0.3 is 9.64 Å². The summed E-state index contributed by atoms with van der Waals surface area (Å²) in [5, 5.41) is 0. The number of rotatable bonds is 4. The zero-order valence-electron chi connectivity index (χ0n) is 16.5. The highest BCUT2D eigenvalue weighted by atomic mass is 32.2. The Bertz CT molecular complexity index is 785. The molecule has 27 heavy (non-hydrogen) atoms. The van der Waals surface area contributed by atoms with Crippen LogP contribution in [0.1, 0.15) is 38.2 Å². The molecule has 0 unspecified atom stereocenters. The molecule has 0 radical (unpaired) electrons. The summed E-state index contributed by atoms with van der Waals surface area (Å²) in [4.78, 5) is 15.0. The zero-order valence-corrected chi connectivity index (χ0v) is 17.3. The van der Waals surface area contributed by atoms with Crippen molar-refractivity contribution in [2.45, 2.75) is 44.4 Å². The summed E-state index contributed by atoms with van der Waals surface area (Å²) < 4.78 is 33.2. The standard InChI is InChI=1S/C20H30N2O4S/c1-15-8-11-21(12-9-15)20(23)17-5-4-10-22(14-17)27(24,25)19-13-16(2)6-7-18(19)26-3/h6-7,13,15,17H,4-5,8-12,14H2,1-3H3/t17-/m1/s1. The Balaban J connectivity index is 1.77. The van der Waals surface area contributed by atoms with Crippen molar-refractivity contribution in [2.24, 2.45) is 11.8 Å². The SMILES string of the molecule is COc1ccc(C)cc1S(=O)(=O)N1CCC[C@@H](C(=O)N2CCC(C)CC2)C1. The monoisotopic (exact) mass is 394 g/mol. The van der Waals surface area contributed by atoms with Gasteiger partial charge in [0.05, 0.1) is 13.0 Å². The van der Waals surface area contributed by atoms with E-state index >= 15 is 0 Å². The summed E-state index contributed by atoms with van der Waals surface area (Å²) in [5.74, 6) is 0.862. The number of amides is 1. The highest BCUT2D eigenvalue weighted by Gasteiger charge is 2.36. The number of ether oxygens (including phenoxy) is 1. The second kappa shape index (κ2) is 8.19. The summed E-state index contributed by atoms with van der Waals surface area (Å²) in [6, 6.07) is 5.16. The highest BCUT2D eigenvalue weighted by Crippen LogP contribution is 2.31. The lowest BCUT2D eigenvalue weighted by Crippen LogP contribution is -2.48. The number of sulfonamides is 1. The van der Waals surface area contributed by atoms with E-state index in [0.29, 0.717) is 24.6 Å². The van der Waals surface area contributed by atoms with Crippen LogP contribution in [-0.2, 0) is 14.8 Å². The van der Waals surface area contributed by atoms with Crippen LogP contribution >= 0.6 is 0 Å². The van der Waals surface area contributed by atoms with Crippen molar-refractivity contribution < 1.29 is 17.9 Å². The van der Waals surface area contributed by atoms with Crippen LogP contribution in [0.5, 0.6) is 5.75 Å². The molecule has 6 nitrogen and oxygen atoms in total. The topological polar surface area (TPSA) is 66.9 Å². The minimum Gasteiger partial charge on any atom is -0.495 e. The lowest BCUT2D eigenvalue weighted by atomic mass is 9.94. The number of likely N-dealkylation sites (tertiary alicyclic amines) is 1. The second-order valence-electron chi connectivity index (χ2n) is 7.86. The van der Waals surface area contributed by atoms with Gasteiger partial charge in [0.15, 0.2) is 0 Å². The molecule has 1 atom stereocenters. The Labute approximate surface area is 162 Å². The average molecular weight is 395 g/mol.